The van der Waals surface area contributed by atoms with Crippen LogP contribution in [-0.4, -0.2) is 26.8 Å². The van der Waals surface area contributed by atoms with Gasteiger partial charge < -0.3 is 10.4 Å². The maximum atomic E-state index is 11.8. The second kappa shape index (κ2) is 6.60. The van der Waals surface area contributed by atoms with E-state index in [1.807, 2.05) is 30.3 Å². The first-order chi connectivity index (χ1) is 12.0. The van der Waals surface area contributed by atoms with Gasteiger partial charge in [-0.25, -0.2) is 9.48 Å². The number of amides is 1. The molecule has 0 saturated carbocycles. The summed E-state index contributed by atoms with van der Waals surface area (Å²) >= 11 is 0. The monoisotopic (exact) mass is 335 g/mol. The highest BCUT2D eigenvalue weighted by Gasteiger charge is 2.22. The van der Waals surface area contributed by atoms with E-state index in [-0.39, 0.29) is 11.5 Å². The van der Waals surface area contributed by atoms with E-state index in [4.69, 9.17) is 0 Å². The molecule has 25 heavy (non-hydrogen) atoms. The van der Waals surface area contributed by atoms with E-state index in [1.165, 1.54) is 6.92 Å². The maximum Gasteiger partial charge on any atom is 0.339 e. The lowest BCUT2D eigenvalue weighted by Gasteiger charge is -2.04. The van der Waals surface area contributed by atoms with Crippen molar-refractivity contribution in [1.82, 2.24) is 9.78 Å². The van der Waals surface area contributed by atoms with Gasteiger partial charge in [-0.05, 0) is 31.2 Å². The van der Waals surface area contributed by atoms with E-state index in [2.05, 4.69) is 10.4 Å². The van der Waals surface area contributed by atoms with Crippen LogP contribution in [0.4, 0.5) is 5.69 Å². The second-order valence-electron chi connectivity index (χ2n) is 5.62. The molecule has 0 atom stereocenters. The number of nitrogens with zero attached hydrogens (tertiary/aromatic N) is 2. The molecule has 126 valence electrons. The molecular formula is C19H17N3O3. The van der Waals surface area contributed by atoms with Gasteiger partial charge in [0.2, 0.25) is 5.91 Å². The number of nitrogens with one attached hydrogen (secondary N) is 1. The Hall–Kier alpha value is -3.41. The number of aromatic nitrogens is 2. The molecule has 1 heterocycles. The van der Waals surface area contributed by atoms with E-state index in [0.29, 0.717) is 22.6 Å². The van der Waals surface area contributed by atoms with Crippen molar-refractivity contribution in [2.24, 2.45) is 0 Å². The molecule has 3 rings (SSSR count). The first-order valence-corrected chi connectivity index (χ1v) is 7.73. The van der Waals surface area contributed by atoms with Crippen LogP contribution in [0.25, 0.3) is 16.9 Å². The van der Waals surface area contributed by atoms with Gasteiger partial charge in [0, 0.05) is 18.2 Å². The van der Waals surface area contributed by atoms with Crippen molar-refractivity contribution < 1.29 is 14.7 Å². The van der Waals surface area contributed by atoms with Crippen LogP contribution >= 0.6 is 0 Å². The Bertz CT molecular complexity index is 929. The molecule has 3 aromatic rings. The van der Waals surface area contributed by atoms with Crippen LogP contribution < -0.4 is 5.32 Å². The van der Waals surface area contributed by atoms with E-state index in [0.717, 1.165) is 5.69 Å². The predicted octanol–water partition coefficient (Wildman–Crippen LogP) is 3.50. The molecule has 2 N–H and O–H groups in total. The summed E-state index contributed by atoms with van der Waals surface area (Å²) < 4.78 is 1.63. The largest absolute Gasteiger partial charge is 0.478 e. The summed E-state index contributed by atoms with van der Waals surface area (Å²) in [6, 6.07) is 16.3. The maximum absolute atomic E-state index is 11.8. The van der Waals surface area contributed by atoms with Gasteiger partial charge in [-0.1, -0.05) is 30.3 Å². The first-order valence-electron chi connectivity index (χ1n) is 7.73. The molecular weight excluding hydrogens is 318 g/mol. The number of carbonyl (C=O) groups is 2. The lowest BCUT2D eigenvalue weighted by molar-refractivity contribution is -0.114. The summed E-state index contributed by atoms with van der Waals surface area (Å²) in [6.45, 7) is 3.17. The highest BCUT2D eigenvalue weighted by Crippen LogP contribution is 2.28. The molecule has 0 fully saturated rings. The standard InChI is InChI=1S/C19H17N3O3/c1-12-17(19(24)25)18(21-22(12)16-6-4-3-5-7-16)14-8-10-15(11-9-14)20-13(2)23/h3-11H,1-2H3,(H,20,23)(H,24,25). The number of rotatable bonds is 4. The topological polar surface area (TPSA) is 84.2 Å². The van der Waals surface area contributed by atoms with Gasteiger partial charge >= 0.3 is 5.97 Å². The molecule has 1 aromatic heterocycles. The smallest absolute Gasteiger partial charge is 0.339 e. The van der Waals surface area contributed by atoms with E-state index < -0.39 is 5.97 Å². The molecule has 0 saturated heterocycles. The summed E-state index contributed by atoms with van der Waals surface area (Å²) in [4.78, 5) is 22.9. The summed E-state index contributed by atoms with van der Waals surface area (Å²) in [6.07, 6.45) is 0. The molecule has 0 aliphatic carbocycles. The third-order valence-corrected chi connectivity index (χ3v) is 3.81. The van der Waals surface area contributed by atoms with Crippen LogP contribution in [0.3, 0.4) is 0 Å². The van der Waals surface area contributed by atoms with Gasteiger partial charge in [-0.2, -0.15) is 5.10 Å². The van der Waals surface area contributed by atoms with Crippen LogP contribution in [-0.2, 0) is 4.79 Å². The zero-order valence-corrected chi connectivity index (χ0v) is 13.9. The minimum Gasteiger partial charge on any atom is -0.478 e. The Morgan fingerprint density at radius 2 is 1.68 bits per heavy atom. The molecule has 0 unspecified atom stereocenters. The highest BCUT2D eigenvalue weighted by atomic mass is 16.4. The average Bonchev–Trinajstić information content (AvgIpc) is 2.93. The van der Waals surface area contributed by atoms with Gasteiger partial charge in [-0.3, -0.25) is 4.79 Å². The molecule has 0 spiro atoms. The minimum atomic E-state index is -1.03. The predicted molar refractivity (Wildman–Crippen MR) is 95.0 cm³/mol. The van der Waals surface area contributed by atoms with Crippen molar-refractivity contribution in [3.8, 4) is 16.9 Å². The van der Waals surface area contributed by atoms with Crippen molar-refractivity contribution in [2.75, 3.05) is 5.32 Å². The third kappa shape index (κ3) is 3.28. The van der Waals surface area contributed by atoms with E-state index in [1.54, 1.807) is 35.9 Å². The quantitative estimate of drug-likeness (QED) is 0.764. The van der Waals surface area contributed by atoms with Crippen LogP contribution in [0.5, 0.6) is 0 Å². The fraction of sp³-hybridized carbons (Fsp3) is 0.105. The lowest BCUT2D eigenvalue weighted by atomic mass is 10.1. The molecule has 0 aliphatic rings. The number of benzene rings is 2. The normalized spacial score (nSPS) is 10.5. The Kier molecular flexibility index (Phi) is 4.35. The SMILES string of the molecule is CC(=O)Nc1ccc(-c2nn(-c3ccccc3)c(C)c2C(=O)O)cc1. The number of carboxylic acids is 1. The fourth-order valence-electron chi connectivity index (χ4n) is 2.70. The number of hydrogen-bond acceptors (Lipinski definition) is 3. The summed E-state index contributed by atoms with van der Waals surface area (Å²) in [5.74, 6) is -1.19. The molecule has 2 aromatic carbocycles. The molecule has 0 bridgehead atoms. The van der Waals surface area contributed by atoms with E-state index in [9.17, 15) is 14.7 Å². The number of carboxylic acid groups (broad SMARTS) is 1. The zero-order valence-electron chi connectivity index (χ0n) is 13.9. The Morgan fingerprint density at radius 1 is 1.04 bits per heavy atom. The summed E-state index contributed by atoms with van der Waals surface area (Å²) in [5.41, 5.74) is 3.22. The Morgan fingerprint density at radius 3 is 2.24 bits per heavy atom. The van der Waals surface area contributed by atoms with Crippen molar-refractivity contribution >= 4 is 17.6 Å². The molecule has 0 radical (unpaired) electrons. The average molecular weight is 335 g/mol. The van der Waals surface area contributed by atoms with Gasteiger partial charge in [0.15, 0.2) is 0 Å². The van der Waals surface area contributed by atoms with Crippen molar-refractivity contribution in [3.05, 3.63) is 65.9 Å². The number of carbonyl (C=O) groups excluding carboxylic acids is 1. The van der Waals surface area contributed by atoms with Crippen LogP contribution in [0.1, 0.15) is 23.0 Å². The number of para-hydroxylation sites is 1. The first kappa shape index (κ1) is 16.4. The van der Waals surface area contributed by atoms with Crippen LogP contribution in [0.2, 0.25) is 0 Å². The summed E-state index contributed by atoms with van der Waals surface area (Å²) in [5, 5.41) is 16.8. The summed E-state index contributed by atoms with van der Waals surface area (Å²) in [7, 11) is 0. The number of hydrogen-bond donors (Lipinski definition) is 2. The van der Waals surface area contributed by atoms with Gasteiger partial charge in [0.25, 0.3) is 0 Å². The zero-order chi connectivity index (χ0) is 18.0. The number of aromatic carboxylic acids is 1. The minimum absolute atomic E-state index is 0.163. The molecule has 6 heteroatoms. The molecule has 1 amide bonds. The van der Waals surface area contributed by atoms with Crippen LogP contribution in [0, 0.1) is 6.92 Å². The van der Waals surface area contributed by atoms with E-state index >= 15 is 0 Å². The second-order valence-corrected chi connectivity index (χ2v) is 5.62. The Balaban J connectivity index is 2.09. The number of anilines is 1. The highest BCUT2D eigenvalue weighted by molar-refractivity contribution is 5.96. The molecule has 0 aliphatic heterocycles. The Labute approximate surface area is 144 Å². The third-order valence-electron chi connectivity index (χ3n) is 3.81. The fourth-order valence-corrected chi connectivity index (χ4v) is 2.70. The van der Waals surface area contributed by atoms with Crippen LogP contribution in [0.15, 0.2) is 54.6 Å². The van der Waals surface area contributed by atoms with Crippen molar-refractivity contribution in [2.45, 2.75) is 13.8 Å². The molecule has 6 nitrogen and oxygen atoms in total. The van der Waals surface area contributed by atoms with Gasteiger partial charge in [0.1, 0.15) is 11.3 Å². The van der Waals surface area contributed by atoms with Gasteiger partial charge in [0.05, 0.1) is 11.4 Å². The van der Waals surface area contributed by atoms with Gasteiger partial charge in [-0.15, -0.1) is 0 Å². The van der Waals surface area contributed by atoms with Crippen molar-refractivity contribution in [3.63, 3.8) is 0 Å². The lowest BCUT2D eigenvalue weighted by Crippen LogP contribution is -2.05. The van der Waals surface area contributed by atoms with Crippen molar-refractivity contribution in [1.29, 1.82) is 0 Å².